The number of methoxy groups -OCH3 is 1. The summed E-state index contributed by atoms with van der Waals surface area (Å²) in [6.45, 7) is 9.59. The molecule has 4 aliphatic rings. The number of pyridine rings is 1. The normalized spacial score (nSPS) is 24.3. The molecule has 46 heavy (non-hydrogen) atoms. The zero-order valence-electron chi connectivity index (χ0n) is 28.4. The topological polar surface area (TPSA) is 73.4 Å². The third-order valence-corrected chi connectivity index (χ3v) is 11.0. The van der Waals surface area contributed by atoms with Crippen molar-refractivity contribution in [2.24, 2.45) is 5.92 Å². The van der Waals surface area contributed by atoms with Crippen molar-refractivity contribution in [3.63, 3.8) is 0 Å². The zero-order chi connectivity index (χ0) is 32.4. The van der Waals surface area contributed by atoms with Gasteiger partial charge in [0, 0.05) is 53.2 Å². The van der Waals surface area contributed by atoms with Crippen LogP contribution in [-0.4, -0.2) is 60.3 Å². The van der Waals surface area contributed by atoms with Gasteiger partial charge in [0.05, 0.1) is 19.2 Å². The molecule has 1 atom stereocenters. The highest BCUT2D eigenvalue weighted by Gasteiger charge is 2.57. The minimum atomic E-state index is -0.795. The van der Waals surface area contributed by atoms with E-state index in [-0.39, 0.29) is 17.2 Å². The molecule has 3 heterocycles. The number of rotatable bonds is 8. The van der Waals surface area contributed by atoms with Gasteiger partial charge in [-0.1, -0.05) is 30.3 Å². The van der Waals surface area contributed by atoms with E-state index in [1.54, 1.807) is 7.11 Å². The molecule has 7 rings (SSSR count). The van der Waals surface area contributed by atoms with Crippen LogP contribution in [0.3, 0.4) is 0 Å². The Morgan fingerprint density at radius 2 is 1.72 bits per heavy atom. The average molecular weight is 626 g/mol. The van der Waals surface area contributed by atoms with Gasteiger partial charge in [0.1, 0.15) is 6.61 Å². The van der Waals surface area contributed by atoms with Crippen LogP contribution in [-0.2, 0) is 18.6 Å². The second kappa shape index (κ2) is 11.5. The van der Waals surface area contributed by atoms with Gasteiger partial charge in [0.25, 0.3) is 11.7 Å². The van der Waals surface area contributed by atoms with Gasteiger partial charge >= 0.3 is 0 Å². The lowest BCUT2D eigenvalue weighted by molar-refractivity contribution is -0.123. The lowest BCUT2D eigenvalue weighted by Gasteiger charge is -2.39. The van der Waals surface area contributed by atoms with E-state index in [2.05, 4.69) is 38.9 Å². The zero-order valence-corrected chi connectivity index (χ0v) is 28.4. The molecule has 1 spiro atoms. The van der Waals surface area contributed by atoms with Crippen LogP contribution in [0.1, 0.15) is 89.3 Å². The first-order valence-corrected chi connectivity index (χ1v) is 16.8. The molecule has 0 bridgehead atoms. The van der Waals surface area contributed by atoms with Crippen molar-refractivity contribution in [3.8, 4) is 23.1 Å². The van der Waals surface area contributed by atoms with Gasteiger partial charge in [-0.15, -0.1) is 0 Å². The largest absolute Gasteiger partial charge is 0.492 e. The smallest absolute Gasteiger partial charge is 0.255 e. The third kappa shape index (κ3) is 5.19. The highest BCUT2D eigenvalue weighted by Crippen LogP contribution is 2.63. The van der Waals surface area contributed by atoms with Crippen LogP contribution < -0.4 is 18.9 Å². The van der Waals surface area contributed by atoms with Crippen molar-refractivity contribution in [3.05, 3.63) is 75.5 Å². The first kappa shape index (κ1) is 30.9. The van der Waals surface area contributed by atoms with Gasteiger partial charge < -0.3 is 28.7 Å². The summed E-state index contributed by atoms with van der Waals surface area (Å²) in [7, 11) is 6.01. The van der Waals surface area contributed by atoms with Crippen molar-refractivity contribution >= 4 is 5.91 Å². The van der Waals surface area contributed by atoms with E-state index in [0.29, 0.717) is 54.4 Å². The molecule has 1 aromatic heterocycles. The van der Waals surface area contributed by atoms with E-state index in [9.17, 15) is 4.79 Å². The molecule has 8 nitrogen and oxygen atoms in total. The Bertz CT molecular complexity index is 1660. The molecular weight excluding hydrogens is 578 g/mol. The first-order valence-electron chi connectivity index (χ1n) is 16.8. The summed E-state index contributed by atoms with van der Waals surface area (Å²) >= 11 is 0. The number of benzene rings is 2. The third-order valence-electron chi connectivity index (χ3n) is 11.0. The van der Waals surface area contributed by atoms with E-state index in [0.717, 1.165) is 72.0 Å². The highest BCUT2D eigenvalue weighted by atomic mass is 16.7. The number of nitrogens with zero attached hydrogens (tertiary/aromatic N) is 3. The average Bonchev–Trinajstić information content (AvgIpc) is 3.71. The van der Waals surface area contributed by atoms with E-state index >= 15 is 0 Å². The Balaban J connectivity index is 1.21. The summed E-state index contributed by atoms with van der Waals surface area (Å²) in [6, 6.07) is 12.8. The van der Waals surface area contributed by atoms with E-state index < -0.39 is 5.79 Å². The van der Waals surface area contributed by atoms with E-state index in [1.807, 2.05) is 49.1 Å². The Kier molecular flexibility index (Phi) is 7.70. The monoisotopic (exact) mass is 625 g/mol. The number of carbonyl (C=O) groups excluding carboxylic acids is 1. The van der Waals surface area contributed by atoms with Crippen LogP contribution in [0.5, 0.6) is 23.1 Å². The molecular formula is C38H47N3O5. The maximum Gasteiger partial charge on any atom is 0.255 e. The number of hydrogen-bond donors (Lipinski definition) is 0. The number of amides is 1. The van der Waals surface area contributed by atoms with Crippen molar-refractivity contribution < 1.29 is 23.7 Å². The molecule has 2 aliphatic carbocycles. The Morgan fingerprint density at radius 1 is 1.02 bits per heavy atom. The summed E-state index contributed by atoms with van der Waals surface area (Å²) in [5, 5.41) is 0. The number of aryl methyl sites for hydroxylation is 2. The van der Waals surface area contributed by atoms with Crippen LogP contribution >= 0.6 is 0 Å². The lowest BCUT2D eigenvalue weighted by atomic mass is 9.81. The number of fused-ring (bicyclic) bond motifs is 3. The minimum absolute atomic E-state index is 0.0104. The Hall–Kier alpha value is -3.78. The predicted molar refractivity (Wildman–Crippen MR) is 177 cm³/mol. The second-order valence-corrected chi connectivity index (χ2v) is 14.3. The van der Waals surface area contributed by atoms with Gasteiger partial charge in [0.15, 0.2) is 11.5 Å². The molecule has 0 radical (unpaired) electrons. The van der Waals surface area contributed by atoms with Gasteiger partial charge in [-0.3, -0.25) is 4.79 Å². The summed E-state index contributed by atoms with van der Waals surface area (Å²) in [5.74, 6) is 2.03. The van der Waals surface area contributed by atoms with Crippen LogP contribution in [0.25, 0.3) is 0 Å². The van der Waals surface area contributed by atoms with Crippen molar-refractivity contribution in [1.82, 2.24) is 14.8 Å². The number of aromatic nitrogens is 1. The number of hydrogen-bond acceptors (Lipinski definition) is 7. The molecule has 2 saturated carbocycles. The molecule has 2 aliphatic heterocycles. The quantitative estimate of drug-likeness (QED) is 0.270. The molecule has 2 aromatic carbocycles. The number of ether oxygens (including phenoxy) is 4. The summed E-state index contributed by atoms with van der Waals surface area (Å²) in [6.07, 6.45) is 6.28. The maximum atomic E-state index is 14.6. The lowest BCUT2D eigenvalue weighted by Crippen LogP contribution is -2.46. The van der Waals surface area contributed by atoms with E-state index in [4.69, 9.17) is 23.9 Å². The fourth-order valence-corrected chi connectivity index (χ4v) is 8.11. The summed E-state index contributed by atoms with van der Waals surface area (Å²) in [4.78, 5) is 23.7. The summed E-state index contributed by atoms with van der Waals surface area (Å²) in [5.41, 5.74) is 6.35. The van der Waals surface area contributed by atoms with Crippen LogP contribution in [0, 0.1) is 26.7 Å². The molecule has 0 saturated heterocycles. The summed E-state index contributed by atoms with van der Waals surface area (Å²) < 4.78 is 26.0. The SMILES string of the molecule is COc1c2c(c(C)c3c1C1(CC1)CN(Cc1c(C)cc(C)nc1OCc1ccccc1)C3=O)OC(C)(C1CCC(N(C)C)CC1)O2. The molecule has 0 N–H and O–H groups in total. The minimum Gasteiger partial charge on any atom is -0.492 e. The highest BCUT2D eigenvalue weighted by molar-refractivity contribution is 6.02. The van der Waals surface area contributed by atoms with Crippen LogP contribution in [0.15, 0.2) is 36.4 Å². The molecule has 2 fully saturated rings. The first-order chi connectivity index (χ1) is 22.0. The Labute approximate surface area is 273 Å². The molecule has 1 amide bonds. The second-order valence-electron chi connectivity index (χ2n) is 14.3. The number of carbonyl (C=O) groups is 1. The van der Waals surface area contributed by atoms with Crippen molar-refractivity contribution in [1.29, 1.82) is 0 Å². The Morgan fingerprint density at radius 3 is 2.37 bits per heavy atom. The van der Waals surface area contributed by atoms with Crippen LogP contribution in [0.2, 0.25) is 0 Å². The van der Waals surface area contributed by atoms with Gasteiger partial charge in [-0.05, 0) is 90.6 Å². The molecule has 8 heteroatoms. The van der Waals surface area contributed by atoms with Gasteiger partial charge in [0.2, 0.25) is 11.6 Å². The standard InChI is InChI=1S/C38H47N3O5/c1-23-19-24(2)39-35(44-21-26-11-9-8-10-12-26)29(23)20-41-22-38(17-18-38)31-30(36(41)42)25(3)32-34(33(31)43-7)46-37(4,45-32)27-13-15-28(16-14-27)40(5)6/h8-12,19,27-28H,13-18,20-22H2,1-7H3. The molecule has 244 valence electrons. The molecule has 1 unspecified atom stereocenters. The van der Waals surface area contributed by atoms with Gasteiger partial charge in [-0.25, -0.2) is 4.98 Å². The van der Waals surface area contributed by atoms with E-state index in [1.165, 1.54) is 0 Å². The fourth-order valence-electron chi connectivity index (χ4n) is 8.11. The van der Waals surface area contributed by atoms with Crippen LogP contribution in [0.4, 0.5) is 0 Å². The molecule has 3 aromatic rings. The van der Waals surface area contributed by atoms with Gasteiger partial charge in [-0.2, -0.15) is 0 Å². The van der Waals surface area contributed by atoms with Crippen molar-refractivity contribution in [2.75, 3.05) is 27.7 Å². The van der Waals surface area contributed by atoms with Crippen molar-refractivity contribution in [2.45, 2.75) is 96.6 Å². The predicted octanol–water partition coefficient (Wildman–Crippen LogP) is 6.89. The maximum absolute atomic E-state index is 14.6. The fraction of sp³-hybridized carbons (Fsp3) is 0.526.